The van der Waals surface area contributed by atoms with Gasteiger partial charge in [-0.2, -0.15) is 0 Å². The van der Waals surface area contributed by atoms with Crippen LogP contribution in [0, 0.1) is 0 Å². The Morgan fingerprint density at radius 2 is 2.00 bits per heavy atom. The van der Waals surface area contributed by atoms with Gasteiger partial charge in [-0.1, -0.05) is 12.1 Å². The number of methoxy groups -OCH3 is 1. The van der Waals surface area contributed by atoms with Crippen LogP contribution in [0.5, 0.6) is 0 Å². The molecule has 0 amide bonds. The molecular weight excluding hydrogens is 200 g/mol. The fraction of sp³-hybridized carbons (Fsp3) is 0.364. The summed E-state index contributed by atoms with van der Waals surface area (Å²) < 4.78 is 5.14. The molecule has 0 aliphatic heterocycles. The number of hydrogen-bond acceptors (Lipinski definition) is 2. The molecule has 76 valence electrons. The lowest BCUT2D eigenvalue weighted by Gasteiger charge is -2.08. The molecule has 0 aliphatic carbocycles. The molecule has 0 aromatic heterocycles. The van der Waals surface area contributed by atoms with Gasteiger partial charge in [-0.15, -0.1) is 0 Å². The van der Waals surface area contributed by atoms with E-state index in [9.17, 15) is 4.79 Å². The minimum absolute atomic E-state index is 0.188. The molecule has 0 spiro atoms. The standard InChI is InChI=1S/C11H13ClO2/c1-8(14-2)7-9-3-5-10(6-4-9)11(12)13/h3-6,8H,7H2,1-2H3. The Bertz CT molecular complexity index is 306. The summed E-state index contributed by atoms with van der Waals surface area (Å²) in [7, 11) is 1.68. The smallest absolute Gasteiger partial charge is 0.252 e. The maximum atomic E-state index is 10.8. The van der Waals surface area contributed by atoms with Crippen LogP contribution in [0.2, 0.25) is 0 Å². The van der Waals surface area contributed by atoms with Gasteiger partial charge >= 0.3 is 0 Å². The van der Waals surface area contributed by atoms with E-state index in [0.29, 0.717) is 5.56 Å². The zero-order chi connectivity index (χ0) is 10.6. The van der Waals surface area contributed by atoms with Crippen LogP contribution in [0.1, 0.15) is 22.8 Å². The van der Waals surface area contributed by atoms with Crippen LogP contribution >= 0.6 is 11.6 Å². The number of hydrogen-bond donors (Lipinski definition) is 0. The summed E-state index contributed by atoms with van der Waals surface area (Å²) in [6.45, 7) is 2.00. The molecule has 2 nitrogen and oxygen atoms in total. The molecule has 0 aliphatic rings. The number of rotatable bonds is 4. The predicted molar refractivity (Wildman–Crippen MR) is 56.8 cm³/mol. The minimum atomic E-state index is -0.420. The lowest BCUT2D eigenvalue weighted by atomic mass is 10.1. The first-order chi connectivity index (χ1) is 6.63. The first kappa shape index (κ1) is 11.2. The molecule has 0 radical (unpaired) electrons. The van der Waals surface area contributed by atoms with Gasteiger partial charge in [-0.05, 0) is 42.6 Å². The normalized spacial score (nSPS) is 12.5. The summed E-state index contributed by atoms with van der Waals surface area (Å²) >= 11 is 5.32. The summed E-state index contributed by atoms with van der Waals surface area (Å²) in [6, 6.07) is 7.25. The van der Waals surface area contributed by atoms with E-state index in [4.69, 9.17) is 16.3 Å². The second-order valence-electron chi connectivity index (χ2n) is 3.22. The van der Waals surface area contributed by atoms with Crippen LogP contribution in [0.4, 0.5) is 0 Å². The van der Waals surface area contributed by atoms with Crippen LogP contribution in [0.3, 0.4) is 0 Å². The Kier molecular flexibility index (Phi) is 4.11. The molecule has 3 heteroatoms. The lowest BCUT2D eigenvalue weighted by Crippen LogP contribution is -2.08. The maximum Gasteiger partial charge on any atom is 0.252 e. The second-order valence-corrected chi connectivity index (χ2v) is 3.56. The number of carbonyl (C=O) groups is 1. The first-order valence-electron chi connectivity index (χ1n) is 4.45. The van der Waals surface area contributed by atoms with E-state index < -0.39 is 5.24 Å². The fourth-order valence-corrected chi connectivity index (χ4v) is 1.31. The average Bonchev–Trinajstić information content (AvgIpc) is 2.18. The van der Waals surface area contributed by atoms with Crippen molar-refractivity contribution in [3.05, 3.63) is 35.4 Å². The minimum Gasteiger partial charge on any atom is -0.381 e. The van der Waals surface area contributed by atoms with Gasteiger partial charge < -0.3 is 4.74 Å². The van der Waals surface area contributed by atoms with Crippen LogP contribution in [0.15, 0.2) is 24.3 Å². The van der Waals surface area contributed by atoms with E-state index in [2.05, 4.69) is 0 Å². The predicted octanol–water partition coefficient (Wildman–Crippen LogP) is 2.64. The fourth-order valence-electron chi connectivity index (χ4n) is 1.19. The molecule has 0 heterocycles. The highest BCUT2D eigenvalue weighted by Crippen LogP contribution is 2.09. The van der Waals surface area contributed by atoms with Gasteiger partial charge in [0, 0.05) is 12.7 Å². The van der Waals surface area contributed by atoms with Gasteiger partial charge in [0.1, 0.15) is 0 Å². The van der Waals surface area contributed by atoms with Crippen molar-refractivity contribution in [3.8, 4) is 0 Å². The zero-order valence-electron chi connectivity index (χ0n) is 8.29. The van der Waals surface area contributed by atoms with Crippen molar-refractivity contribution < 1.29 is 9.53 Å². The van der Waals surface area contributed by atoms with Gasteiger partial charge in [0.2, 0.25) is 0 Å². The molecule has 0 saturated carbocycles. The zero-order valence-corrected chi connectivity index (χ0v) is 9.04. The quantitative estimate of drug-likeness (QED) is 0.718. The molecule has 1 rings (SSSR count). The van der Waals surface area contributed by atoms with Gasteiger partial charge in [-0.25, -0.2) is 0 Å². The first-order valence-corrected chi connectivity index (χ1v) is 4.83. The SMILES string of the molecule is COC(C)Cc1ccc(C(=O)Cl)cc1. The van der Waals surface area contributed by atoms with Crippen LogP contribution < -0.4 is 0 Å². The highest BCUT2D eigenvalue weighted by Gasteiger charge is 2.03. The van der Waals surface area contributed by atoms with Crippen molar-refractivity contribution in [1.82, 2.24) is 0 Å². The molecule has 0 saturated heterocycles. The third kappa shape index (κ3) is 3.13. The third-order valence-electron chi connectivity index (χ3n) is 2.11. The van der Waals surface area contributed by atoms with E-state index in [1.165, 1.54) is 0 Å². The molecule has 1 unspecified atom stereocenters. The van der Waals surface area contributed by atoms with Gasteiger partial charge in [0.25, 0.3) is 5.24 Å². The number of ether oxygens (including phenoxy) is 1. The number of halogens is 1. The van der Waals surface area contributed by atoms with Crippen molar-refractivity contribution >= 4 is 16.8 Å². The molecule has 14 heavy (non-hydrogen) atoms. The van der Waals surface area contributed by atoms with E-state index >= 15 is 0 Å². The summed E-state index contributed by atoms with van der Waals surface area (Å²) in [4.78, 5) is 10.8. The summed E-state index contributed by atoms with van der Waals surface area (Å²) in [5.41, 5.74) is 1.67. The van der Waals surface area contributed by atoms with Crippen molar-refractivity contribution in [2.45, 2.75) is 19.4 Å². The second kappa shape index (κ2) is 5.13. The highest BCUT2D eigenvalue weighted by atomic mass is 35.5. The highest BCUT2D eigenvalue weighted by molar-refractivity contribution is 6.67. The summed E-state index contributed by atoms with van der Waals surface area (Å²) in [5.74, 6) is 0. The Morgan fingerprint density at radius 3 is 2.43 bits per heavy atom. The summed E-state index contributed by atoms with van der Waals surface area (Å²) in [6.07, 6.45) is 1.03. The average molecular weight is 213 g/mol. The molecular formula is C11H13ClO2. The molecule has 1 aromatic carbocycles. The van der Waals surface area contributed by atoms with Crippen LogP contribution in [-0.2, 0) is 11.2 Å². The maximum absolute atomic E-state index is 10.8. The molecule has 1 atom stereocenters. The molecule has 0 fully saturated rings. The Hall–Kier alpha value is -0.860. The number of benzene rings is 1. The molecule has 0 bridgehead atoms. The Morgan fingerprint density at radius 1 is 1.43 bits per heavy atom. The van der Waals surface area contributed by atoms with Crippen molar-refractivity contribution in [2.24, 2.45) is 0 Å². The van der Waals surface area contributed by atoms with Crippen molar-refractivity contribution in [1.29, 1.82) is 0 Å². The summed E-state index contributed by atoms with van der Waals surface area (Å²) in [5, 5.41) is -0.420. The topological polar surface area (TPSA) is 26.3 Å². The Balaban J connectivity index is 2.68. The van der Waals surface area contributed by atoms with E-state index in [1.54, 1.807) is 19.2 Å². The lowest BCUT2D eigenvalue weighted by molar-refractivity contribution is 0.108. The molecule has 1 aromatic rings. The monoisotopic (exact) mass is 212 g/mol. The third-order valence-corrected chi connectivity index (χ3v) is 2.32. The van der Waals surface area contributed by atoms with Gasteiger partial charge in [-0.3, -0.25) is 4.79 Å². The largest absolute Gasteiger partial charge is 0.381 e. The molecule has 0 N–H and O–H groups in total. The van der Waals surface area contributed by atoms with E-state index in [1.807, 2.05) is 19.1 Å². The number of carbonyl (C=O) groups excluding carboxylic acids is 1. The van der Waals surface area contributed by atoms with Gasteiger partial charge in [0.05, 0.1) is 6.10 Å². The van der Waals surface area contributed by atoms with Crippen molar-refractivity contribution in [2.75, 3.05) is 7.11 Å². The van der Waals surface area contributed by atoms with Gasteiger partial charge in [0.15, 0.2) is 0 Å². The van der Waals surface area contributed by atoms with E-state index in [-0.39, 0.29) is 6.10 Å². The van der Waals surface area contributed by atoms with Crippen LogP contribution in [0.25, 0.3) is 0 Å². The van der Waals surface area contributed by atoms with Crippen molar-refractivity contribution in [3.63, 3.8) is 0 Å². The van der Waals surface area contributed by atoms with Crippen LogP contribution in [-0.4, -0.2) is 18.5 Å². The Labute approximate surface area is 88.8 Å². The van der Waals surface area contributed by atoms with E-state index in [0.717, 1.165) is 12.0 Å².